The minimum atomic E-state index is -0.0883. The normalized spacial score (nSPS) is 11.5. The van der Waals surface area contributed by atoms with Crippen molar-refractivity contribution >= 4 is 11.7 Å². The molecule has 1 amide bonds. The predicted molar refractivity (Wildman–Crippen MR) is 102 cm³/mol. The fourth-order valence-electron chi connectivity index (χ4n) is 2.65. The lowest BCUT2D eigenvalue weighted by Crippen LogP contribution is -2.31. The summed E-state index contributed by atoms with van der Waals surface area (Å²) in [7, 11) is 0. The van der Waals surface area contributed by atoms with E-state index in [1.165, 1.54) is 6.92 Å². The molecule has 0 aliphatic carbocycles. The highest BCUT2D eigenvalue weighted by atomic mass is 16.1. The highest BCUT2D eigenvalue weighted by molar-refractivity contribution is 5.72. The number of hydrogen-bond acceptors (Lipinski definition) is 4. The van der Waals surface area contributed by atoms with Gasteiger partial charge in [0.25, 0.3) is 0 Å². The Morgan fingerprint density at radius 1 is 1.19 bits per heavy atom. The van der Waals surface area contributed by atoms with E-state index in [0.29, 0.717) is 18.9 Å². The molecule has 2 rings (SSSR count). The maximum atomic E-state index is 11.3. The Morgan fingerprint density at radius 2 is 1.85 bits per heavy atom. The molecule has 1 heterocycles. The summed E-state index contributed by atoms with van der Waals surface area (Å²) < 4.78 is 1.81. The van der Waals surface area contributed by atoms with E-state index in [2.05, 4.69) is 48.4 Å². The van der Waals surface area contributed by atoms with Gasteiger partial charge in [-0.05, 0) is 33.3 Å². The van der Waals surface area contributed by atoms with Crippen LogP contribution in [0.5, 0.6) is 0 Å². The van der Waals surface area contributed by atoms with Crippen molar-refractivity contribution < 1.29 is 4.79 Å². The second-order valence-electron chi connectivity index (χ2n) is 6.80. The smallest absolute Gasteiger partial charge is 0.217 e. The number of rotatable bonds is 8. The van der Waals surface area contributed by atoms with E-state index >= 15 is 0 Å². The van der Waals surface area contributed by atoms with Crippen LogP contribution in [0.15, 0.2) is 46.9 Å². The van der Waals surface area contributed by atoms with Crippen molar-refractivity contribution in [3.63, 3.8) is 0 Å². The molecular formula is C19H28N6O. The second kappa shape index (κ2) is 9.12. The van der Waals surface area contributed by atoms with Crippen molar-refractivity contribution in [2.24, 2.45) is 10.3 Å². The zero-order chi connectivity index (χ0) is 19.1. The predicted octanol–water partition coefficient (Wildman–Crippen LogP) is 3.69. The molecule has 0 spiro atoms. The van der Waals surface area contributed by atoms with E-state index in [4.69, 9.17) is 0 Å². The molecule has 7 nitrogen and oxygen atoms in total. The summed E-state index contributed by atoms with van der Waals surface area (Å²) in [5, 5.41) is 18.1. The van der Waals surface area contributed by atoms with Gasteiger partial charge in [0.2, 0.25) is 5.91 Å². The van der Waals surface area contributed by atoms with Gasteiger partial charge in [-0.15, -0.1) is 5.11 Å². The van der Waals surface area contributed by atoms with Crippen molar-refractivity contribution in [3.05, 3.63) is 47.7 Å². The number of hydrogen-bond donors (Lipinski definition) is 1. The van der Waals surface area contributed by atoms with Crippen molar-refractivity contribution in [1.29, 1.82) is 0 Å². The standard InChI is InChI=1S/C19H28N6O/c1-14(2)25(15(3)4)23-22-19-18(11-20-16(5)26)12-21-24(19)13-17-9-7-6-8-10-17/h6-10,12,14-15H,11,13H2,1-5H3,(H,20,26)/b23-22+. The Morgan fingerprint density at radius 3 is 2.42 bits per heavy atom. The quantitative estimate of drug-likeness (QED) is 0.579. The average Bonchev–Trinajstić information content (AvgIpc) is 2.95. The van der Waals surface area contributed by atoms with E-state index in [-0.39, 0.29) is 18.0 Å². The molecule has 7 heteroatoms. The summed E-state index contributed by atoms with van der Waals surface area (Å²) >= 11 is 0. The first-order valence-corrected chi connectivity index (χ1v) is 8.91. The maximum Gasteiger partial charge on any atom is 0.217 e. The Bertz CT molecular complexity index is 728. The van der Waals surface area contributed by atoms with Gasteiger partial charge in [0.05, 0.1) is 12.7 Å². The monoisotopic (exact) mass is 356 g/mol. The van der Waals surface area contributed by atoms with Gasteiger partial charge in [0.15, 0.2) is 5.82 Å². The minimum Gasteiger partial charge on any atom is -0.352 e. The third-order valence-electron chi connectivity index (χ3n) is 3.89. The molecule has 1 N–H and O–H groups in total. The molecule has 0 aliphatic heterocycles. The van der Waals surface area contributed by atoms with Gasteiger partial charge in [-0.1, -0.05) is 35.6 Å². The lowest BCUT2D eigenvalue weighted by atomic mass is 10.2. The van der Waals surface area contributed by atoms with Crippen LogP contribution < -0.4 is 5.32 Å². The van der Waals surface area contributed by atoms with Crippen molar-refractivity contribution in [2.75, 3.05) is 0 Å². The third kappa shape index (κ3) is 5.40. The van der Waals surface area contributed by atoms with Gasteiger partial charge >= 0.3 is 0 Å². The van der Waals surface area contributed by atoms with E-state index < -0.39 is 0 Å². The Balaban J connectivity index is 2.31. The highest BCUT2D eigenvalue weighted by Gasteiger charge is 2.14. The SMILES string of the molecule is CC(=O)NCc1cnn(Cc2ccccc2)c1/N=N/N(C(C)C)C(C)C. The van der Waals surface area contributed by atoms with Crippen LogP contribution >= 0.6 is 0 Å². The van der Waals surface area contributed by atoms with Crippen LogP contribution in [0.25, 0.3) is 0 Å². The molecule has 0 fully saturated rings. The van der Waals surface area contributed by atoms with Gasteiger partial charge in [-0.3, -0.25) is 9.80 Å². The minimum absolute atomic E-state index is 0.0883. The van der Waals surface area contributed by atoms with Crippen LogP contribution in [0.4, 0.5) is 5.82 Å². The van der Waals surface area contributed by atoms with Gasteiger partial charge < -0.3 is 5.32 Å². The lowest BCUT2D eigenvalue weighted by Gasteiger charge is -2.25. The van der Waals surface area contributed by atoms with Gasteiger partial charge in [-0.25, -0.2) is 4.68 Å². The fourth-order valence-corrected chi connectivity index (χ4v) is 2.65. The highest BCUT2D eigenvalue weighted by Crippen LogP contribution is 2.22. The Labute approximate surface area is 155 Å². The van der Waals surface area contributed by atoms with Crippen LogP contribution in [0.1, 0.15) is 45.7 Å². The lowest BCUT2D eigenvalue weighted by molar-refractivity contribution is -0.119. The molecule has 0 saturated carbocycles. The summed E-state index contributed by atoms with van der Waals surface area (Å²) in [6, 6.07) is 10.6. The molecule has 2 aromatic rings. The van der Waals surface area contributed by atoms with Crippen molar-refractivity contribution in [1.82, 2.24) is 20.1 Å². The number of amides is 1. The number of benzene rings is 1. The molecule has 140 valence electrons. The first-order valence-electron chi connectivity index (χ1n) is 8.91. The number of nitrogens with zero attached hydrogens (tertiary/aromatic N) is 5. The molecule has 1 aromatic carbocycles. The topological polar surface area (TPSA) is 74.9 Å². The Kier molecular flexibility index (Phi) is 6.89. The van der Waals surface area contributed by atoms with Crippen LogP contribution in [-0.4, -0.2) is 32.8 Å². The summed E-state index contributed by atoms with van der Waals surface area (Å²) in [4.78, 5) is 11.3. The Hall–Kier alpha value is -2.70. The molecule has 0 radical (unpaired) electrons. The number of carbonyl (C=O) groups is 1. The van der Waals surface area contributed by atoms with Gasteiger partial charge in [0, 0.05) is 31.1 Å². The number of aromatic nitrogens is 2. The largest absolute Gasteiger partial charge is 0.352 e. The zero-order valence-corrected chi connectivity index (χ0v) is 16.2. The zero-order valence-electron chi connectivity index (χ0n) is 16.2. The first-order chi connectivity index (χ1) is 12.4. The molecule has 0 unspecified atom stereocenters. The van der Waals surface area contributed by atoms with Crippen molar-refractivity contribution in [3.8, 4) is 0 Å². The summed E-state index contributed by atoms with van der Waals surface area (Å²) in [5.74, 6) is 0.573. The maximum absolute atomic E-state index is 11.3. The van der Waals surface area contributed by atoms with Crippen LogP contribution in [0.3, 0.4) is 0 Å². The fraction of sp³-hybridized carbons (Fsp3) is 0.474. The molecule has 0 saturated heterocycles. The van der Waals surface area contributed by atoms with Crippen LogP contribution in [0, 0.1) is 0 Å². The molecular weight excluding hydrogens is 328 g/mol. The van der Waals surface area contributed by atoms with Crippen LogP contribution in [0.2, 0.25) is 0 Å². The third-order valence-corrected chi connectivity index (χ3v) is 3.89. The number of nitrogens with one attached hydrogen (secondary N) is 1. The molecule has 0 bridgehead atoms. The average molecular weight is 356 g/mol. The van der Waals surface area contributed by atoms with Gasteiger partial charge in [0.1, 0.15) is 0 Å². The molecule has 0 atom stereocenters. The second-order valence-corrected chi connectivity index (χ2v) is 6.80. The van der Waals surface area contributed by atoms with E-state index in [1.807, 2.05) is 40.0 Å². The first kappa shape index (κ1) is 19.6. The van der Waals surface area contributed by atoms with E-state index in [1.54, 1.807) is 6.20 Å². The summed E-state index contributed by atoms with van der Waals surface area (Å²) in [6.07, 6.45) is 1.74. The van der Waals surface area contributed by atoms with E-state index in [0.717, 1.165) is 11.1 Å². The molecule has 26 heavy (non-hydrogen) atoms. The number of carbonyl (C=O) groups excluding carboxylic acids is 1. The van der Waals surface area contributed by atoms with Crippen molar-refractivity contribution in [2.45, 2.75) is 59.8 Å². The summed E-state index contributed by atoms with van der Waals surface area (Å²) in [5.41, 5.74) is 1.97. The van der Waals surface area contributed by atoms with Gasteiger partial charge in [-0.2, -0.15) is 5.10 Å². The molecule has 1 aromatic heterocycles. The van der Waals surface area contributed by atoms with E-state index in [9.17, 15) is 4.79 Å². The molecule has 0 aliphatic rings. The van der Waals surface area contributed by atoms with Crippen LogP contribution in [-0.2, 0) is 17.9 Å². The summed E-state index contributed by atoms with van der Waals surface area (Å²) in [6.45, 7) is 10.8.